The molecule has 0 saturated heterocycles. The predicted molar refractivity (Wildman–Crippen MR) is 73.4 cm³/mol. The Kier molecular flexibility index (Phi) is 15.1. The number of esters is 1. The van der Waals surface area contributed by atoms with Crippen molar-refractivity contribution in [1.29, 1.82) is 0 Å². The smallest absolute Gasteiger partial charge is 0.323 e. The van der Waals surface area contributed by atoms with Gasteiger partial charge < -0.3 is 10.5 Å². The van der Waals surface area contributed by atoms with Crippen LogP contribution in [0.2, 0.25) is 0 Å². The second-order valence-electron chi connectivity index (χ2n) is 3.72. The maximum atomic E-state index is 11.1. The van der Waals surface area contributed by atoms with Crippen LogP contribution in [0.5, 0.6) is 0 Å². The molecular weight excluding hydrogens is 246 g/mol. The van der Waals surface area contributed by atoms with Crippen LogP contribution >= 0.6 is 25.0 Å². The summed E-state index contributed by atoms with van der Waals surface area (Å²) in [6, 6.07) is -0.576. The number of unbranched alkanes of at least 4 members (excludes halogenated alkanes) is 5. The molecule has 16 heavy (non-hydrogen) atoms. The Labute approximate surface area is 110 Å². The zero-order valence-corrected chi connectivity index (χ0v) is 11.7. The lowest BCUT2D eigenvalue weighted by molar-refractivity contribution is -0.144. The van der Waals surface area contributed by atoms with Gasteiger partial charge in [0.2, 0.25) is 0 Å². The normalized spacial score (nSPS) is 11.7. The highest BCUT2D eigenvalue weighted by Crippen LogP contribution is 2.05. The maximum Gasteiger partial charge on any atom is 0.323 e. The van der Waals surface area contributed by atoms with Gasteiger partial charge in [0, 0.05) is 5.75 Å². The lowest BCUT2D eigenvalue weighted by Gasteiger charge is -2.08. The molecule has 0 aromatic heterocycles. The zero-order valence-electron chi connectivity index (χ0n) is 9.98. The molecule has 0 amide bonds. The molecule has 0 bridgehead atoms. The molecular formula is C11H24ClNO2S. The van der Waals surface area contributed by atoms with Crippen LogP contribution in [0.1, 0.15) is 45.4 Å². The summed E-state index contributed by atoms with van der Waals surface area (Å²) in [5, 5.41) is 0. The van der Waals surface area contributed by atoms with Crippen molar-refractivity contribution in [2.75, 3.05) is 12.4 Å². The topological polar surface area (TPSA) is 52.3 Å². The van der Waals surface area contributed by atoms with Gasteiger partial charge in [-0.15, -0.1) is 12.4 Å². The minimum atomic E-state index is -0.576. The van der Waals surface area contributed by atoms with E-state index in [4.69, 9.17) is 10.5 Å². The van der Waals surface area contributed by atoms with E-state index in [1.54, 1.807) is 0 Å². The first-order chi connectivity index (χ1) is 7.22. The van der Waals surface area contributed by atoms with Crippen molar-refractivity contribution in [2.24, 2.45) is 5.73 Å². The third-order valence-corrected chi connectivity index (χ3v) is 2.64. The van der Waals surface area contributed by atoms with Gasteiger partial charge in [-0.2, -0.15) is 12.6 Å². The van der Waals surface area contributed by atoms with Crippen LogP contribution in [0, 0.1) is 0 Å². The van der Waals surface area contributed by atoms with Crippen molar-refractivity contribution in [2.45, 2.75) is 51.5 Å². The standard InChI is InChI=1S/C11H23NO2S.ClH/c1-2-3-4-5-6-7-8-14-11(13)10(12)9-15;/h10,15H,2-9,12H2,1H3;1H. The number of ether oxygens (including phenoxy) is 1. The van der Waals surface area contributed by atoms with Crippen LogP contribution in [0.4, 0.5) is 0 Å². The average Bonchev–Trinajstić information content (AvgIpc) is 2.26. The zero-order chi connectivity index (χ0) is 11.5. The summed E-state index contributed by atoms with van der Waals surface area (Å²) in [4.78, 5) is 11.1. The van der Waals surface area contributed by atoms with E-state index in [9.17, 15) is 4.79 Å². The Morgan fingerprint density at radius 1 is 1.25 bits per heavy atom. The maximum absolute atomic E-state index is 11.1. The largest absolute Gasteiger partial charge is 0.465 e. The van der Waals surface area contributed by atoms with Gasteiger partial charge >= 0.3 is 5.97 Å². The van der Waals surface area contributed by atoms with E-state index in [1.807, 2.05) is 0 Å². The van der Waals surface area contributed by atoms with Gasteiger partial charge in [-0.05, 0) is 6.42 Å². The Hall–Kier alpha value is 0.0700. The second-order valence-corrected chi connectivity index (χ2v) is 4.09. The molecule has 0 aromatic carbocycles. The van der Waals surface area contributed by atoms with E-state index < -0.39 is 6.04 Å². The first-order valence-corrected chi connectivity index (χ1v) is 6.38. The first-order valence-electron chi connectivity index (χ1n) is 5.75. The molecule has 98 valence electrons. The predicted octanol–water partition coefficient (Wildman–Crippen LogP) is 2.57. The molecule has 0 radical (unpaired) electrons. The fourth-order valence-electron chi connectivity index (χ4n) is 1.24. The third-order valence-electron chi connectivity index (χ3n) is 2.24. The molecule has 1 unspecified atom stereocenters. The molecule has 0 heterocycles. The molecule has 0 aliphatic rings. The minimum Gasteiger partial charge on any atom is -0.465 e. The summed E-state index contributed by atoms with van der Waals surface area (Å²) in [5.74, 6) is 0.00792. The number of carbonyl (C=O) groups excluding carboxylic acids is 1. The summed E-state index contributed by atoms with van der Waals surface area (Å²) in [6.45, 7) is 2.69. The summed E-state index contributed by atoms with van der Waals surface area (Å²) >= 11 is 3.93. The van der Waals surface area contributed by atoms with E-state index in [0.29, 0.717) is 12.4 Å². The van der Waals surface area contributed by atoms with Crippen LogP contribution in [0.15, 0.2) is 0 Å². The van der Waals surface area contributed by atoms with Crippen molar-refractivity contribution in [3.8, 4) is 0 Å². The van der Waals surface area contributed by atoms with Gasteiger partial charge in [0.1, 0.15) is 6.04 Å². The lowest BCUT2D eigenvalue weighted by atomic mass is 10.1. The van der Waals surface area contributed by atoms with Gasteiger partial charge in [0.15, 0.2) is 0 Å². The summed E-state index contributed by atoms with van der Waals surface area (Å²) in [7, 11) is 0. The number of halogens is 1. The lowest BCUT2D eigenvalue weighted by Crippen LogP contribution is -2.34. The van der Waals surface area contributed by atoms with Gasteiger partial charge in [0.05, 0.1) is 6.61 Å². The summed E-state index contributed by atoms with van der Waals surface area (Å²) in [6.07, 6.45) is 7.12. The molecule has 2 N–H and O–H groups in total. The monoisotopic (exact) mass is 269 g/mol. The molecule has 0 saturated carbocycles. The third kappa shape index (κ3) is 10.6. The fourth-order valence-corrected chi connectivity index (χ4v) is 1.39. The number of rotatable bonds is 9. The summed E-state index contributed by atoms with van der Waals surface area (Å²) < 4.78 is 4.99. The molecule has 0 rings (SSSR count). The van der Waals surface area contributed by atoms with Crippen molar-refractivity contribution in [1.82, 2.24) is 0 Å². The van der Waals surface area contributed by atoms with Crippen LogP contribution in [0.25, 0.3) is 0 Å². The molecule has 0 aromatic rings. The molecule has 0 fully saturated rings. The van der Waals surface area contributed by atoms with Crippen molar-refractivity contribution in [3.63, 3.8) is 0 Å². The van der Waals surface area contributed by atoms with Crippen molar-refractivity contribution in [3.05, 3.63) is 0 Å². The number of nitrogens with two attached hydrogens (primary N) is 1. The van der Waals surface area contributed by atoms with E-state index in [-0.39, 0.29) is 18.4 Å². The highest BCUT2D eigenvalue weighted by atomic mass is 35.5. The first kappa shape index (κ1) is 18.4. The van der Waals surface area contributed by atoms with E-state index in [1.165, 1.54) is 25.7 Å². The van der Waals surface area contributed by atoms with Crippen molar-refractivity contribution >= 4 is 31.0 Å². The average molecular weight is 270 g/mol. The van der Waals surface area contributed by atoms with Gasteiger partial charge in [-0.1, -0.05) is 39.0 Å². The molecule has 5 heteroatoms. The van der Waals surface area contributed by atoms with E-state index >= 15 is 0 Å². The minimum absolute atomic E-state index is 0. The Morgan fingerprint density at radius 3 is 2.38 bits per heavy atom. The highest BCUT2D eigenvalue weighted by molar-refractivity contribution is 7.80. The molecule has 0 aliphatic carbocycles. The number of thiol groups is 1. The Morgan fingerprint density at radius 2 is 1.81 bits per heavy atom. The fraction of sp³-hybridized carbons (Fsp3) is 0.909. The second kappa shape index (κ2) is 13.1. The van der Waals surface area contributed by atoms with E-state index in [0.717, 1.165) is 12.8 Å². The van der Waals surface area contributed by atoms with Crippen LogP contribution in [0.3, 0.4) is 0 Å². The number of hydrogen-bond donors (Lipinski definition) is 2. The van der Waals surface area contributed by atoms with Gasteiger partial charge in [-0.3, -0.25) is 4.79 Å². The highest BCUT2D eigenvalue weighted by Gasteiger charge is 2.11. The molecule has 3 nitrogen and oxygen atoms in total. The van der Waals surface area contributed by atoms with Crippen LogP contribution in [-0.4, -0.2) is 24.4 Å². The Balaban J connectivity index is 0. The summed E-state index contributed by atoms with van der Waals surface area (Å²) in [5.41, 5.74) is 5.45. The molecule has 0 spiro atoms. The van der Waals surface area contributed by atoms with Crippen molar-refractivity contribution < 1.29 is 9.53 Å². The van der Waals surface area contributed by atoms with Gasteiger partial charge in [-0.25, -0.2) is 0 Å². The van der Waals surface area contributed by atoms with Gasteiger partial charge in [0.25, 0.3) is 0 Å². The Bertz CT molecular complexity index is 170. The van der Waals surface area contributed by atoms with E-state index in [2.05, 4.69) is 19.6 Å². The van der Waals surface area contributed by atoms with Crippen LogP contribution in [-0.2, 0) is 9.53 Å². The number of hydrogen-bond acceptors (Lipinski definition) is 4. The quantitative estimate of drug-likeness (QED) is 0.384. The number of carbonyl (C=O) groups is 1. The molecule has 1 atom stereocenters. The SMILES string of the molecule is CCCCCCCCOC(=O)C(N)CS.Cl. The van der Waals surface area contributed by atoms with Crippen LogP contribution < -0.4 is 5.73 Å². The molecule has 0 aliphatic heterocycles.